The molecule has 10 heteroatoms. The van der Waals surface area contributed by atoms with Gasteiger partial charge in [0.2, 0.25) is 11.8 Å². The molecule has 1 unspecified atom stereocenters. The third kappa shape index (κ3) is 4.84. The second-order valence-corrected chi connectivity index (χ2v) is 8.70. The summed E-state index contributed by atoms with van der Waals surface area (Å²) in [6.07, 6.45) is 6.94. The summed E-state index contributed by atoms with van der Waals surface area (Å²) in [6, 6.07) is 4.20. The Labute approximate surface area is 186 Å². The van der Waals surface area contributed by atoms with E-state index in [0.29, 0.717) is 25.3 Å². The molecule has 0 spiro atoms. The van der Waals surface area contributed by atoms with Crippen molar-refractivity contribution < 1.29 is 24.0 Å². The van der Waals surface area contributed by atoms with Gasteiger partial charge in [0.15, 0.2) is 6.61 Å². The van der Waals surface area contributed by atoms with Gasteiger partial charge in [-0.15, -0.1) is 0 Å². The minimum atomic E-state index is -0.556. The maximum atomic E-state index is 13.0. The predicted molar refractivity (Wildman–Crippen MR) is 115 cm³/mol. The first-order valence-corrected chi connectivity index (χ1v) is 11.2. The van der Waals surface area contributed by atoms with Crippen LogP contribution in [0.4, 0.5) is 11.4 Å². The monoisotopic (exact) mass is 444 g/mol. The fourth-order valence-electron chi connectivity index (χ4n) is 4.70. The minimum Gasteiger partial charge on any atom is -0.482 e. The van der Waals surface area contributed by atoms with Gasteiger partial charge in [0, 0.05) is 31.3 Å². The SMILES string of the molecule is O=C(NC1CCCCC1)C1CCCN(C(=O)CN2C(=O)COc3ccc([N+](=O)[O-])cc32)C1. The van der Waals surface area contributed by atoms with Gasteiger partial charge in [-0.1, -0.05) is 19.3 Å². The average molecular weight is 444 g/mol. The van der Waals surface area contributed by atoms with Gasteiger partial charge in [-0.2, -0.15) is 0 Å². The third-order valence-electron chi connectivity index (χ3n) is 6.49. The Balaban J connectivity index is 1.41. The largest absolute Gasteiger partial charge is 0.482 e. The highest BCUT2D eigenvalue weighted by molar-refractivity contribution is 6.02. The van der Waals surface area contributed by atoms with E-state index in [2.05, 4.69) is 5.32 Å². The summed E-state index contributed by atoms with van der Waals surface area (Å²) in [5.41, 5.74) is 0.0318. The molecule has 0 radical (unpaired) electrons. The second kappa shape index (κ2) is 9.54. The highest BCUT2D eigenvalue weighted by Crippen LogP contribution is 2.35. The van der Waals surface area contributed by atoms with Crippen molar-refractivity contribution in [1.29, 1.82) is 0 Å². The number of hydrogen-bond donors (Lipinski definition) is 1. The summed E-state index contributed by atoms with van der Waals surface area (Å²) in [4.78, 5) is 51.7. The lowest BCUT2D eigenvalue weighted by molar-refractivity contribution is -0.384. The van der Waals surface area contributed by atoms with Crippen molar-refractivity contribution in [3.8, 4) is 5.75 Å². The third-order valence-corrected chi connectivity index (χ3v) is 6.49. The van der Waals surface area contributed by atoms with Gasteiger partial charge >= 0.3 is 0 Å². The number of likely N-dealkylation sites (tertiary alicyclic amines) is 1. The highest BCUT2D eigenvalue weighted by Gasteiger charge is 2.34. The molecule has 0 aromatic heterocycles. The number of piperidine rings is 1. The normalized spacial score (nSPS) is 21.5. The van der Waals surface area contributed by atoms with E-state index in [1.165, 1.54) is 29.5 Å². The number of carbonyl (C=O) groups is 3. The molecule has 32 heavy (non-hydrogen) atoms. The maximum Gasteiger partial charge on any atom is 0.271 e. The van der Waals surface area contributed by atoms with Crippen LogP contribution in [0, 0.1) is 16.0 Å². The van der Waals surface area contributed by atoms with Crippen molar-refractivity contribution in [2.45, 2.75) is 51.0 Å². The number of amides is 3. The van der Waals surface area contributed by atoms with E-state index in [0.717, 1.165) is 32.1 Å². The van der Waals surface area contributed by atoms with Crippen LogP contribution in [-0.2, 0) is 14.4 Å². The summed E-state index contributed by atoms with van der Waals surface area (Å²) in [5, 5.41) is 14.3. The van der Waals surface area contributed by atoms with Crippen molar-refractivity contribution in [2.75, 3.05) is 31.1 Å². The maximum absolute atomic E-state index is 13.0. The Morgan fingerprint density at radius 2 is 1.94 bits per heavy atom. The number of benzene rings is 1. The van der Waals surface area contributed by atoms with Gasteiger partial charge in [0.25, 0.3) is 11.6 Å². The first-order valence-electron chi connectivity index (χ1n) is 11.2. The summed E-state index contributed by atoms with van der Waals surface area (Å²) < 4.78 is 5.36. The number of non-ortho nitro benzene ring substituents is 1. The molecule has 10 nitrogen and oxygen atoms in total. The fourth-order valence-corrected chi connectivity index (χ4v) is 4.70. The Morgan fingerprint density at radius 1 is 1.16 bits per heavy atom. The molecule has 1 N–H and O–H groups in total. The molecule has 1 saturated heterocycles. The Bertz CT molecular complexity index is 914. The van der Waals surface area contributed by atoms with Crippen LogP contribution in [0.15, 0.2) is 18.2 Å². The van der Waals surface area contributed by atoms with Crippen molar-refractivity contribution in [1.82, 2.24) is 10.2 Å². The molecule has 0 bridgehead atoms. The Kier molecular flexibility index (Phi) is 6.57. The number of carbonyl (C=O) groups excluding carboxylic acids is 3. The van der Waals surface area contributed by atoms with Crippen LogP contribution in [0.3, 0.4) is 0 Å². The fraction of sp³-hybridized carbons (Fsp3) is 0.591. The first-order chi connectivity index (χ1) is 15.4. The summed E-state index contributed by atoms with van der Waals surface area (Å²) >= 11 is 0. The van der Waals surface area contributed by atoms with E-state index >= 15 is 0 Å². The number of ether oxygens (including phenoxy) is 1. The average Bonchev–Trinajstić information content (AvgIpc) is 2.81. The number of anilines is 1. The lowest BCUT2D eigenvalue weighted by Crippen LogP contribution is -2.51. The summed E-state index contributed by atoms with van der Waals surface area (Å²) in [7, 11) is 0. The molecule has 2 aliphatic heterocycles. The van der Waals surface area contributed by atoms with Crippen LogP contribution in [0.5, 0.6) is 5.75 Å². The molecular formula is C22H28N4O6. The zero-order valence-corrected chi connectivity index (χ0v) is 18.0. The zero-order chi connectivity index (χ0) is 22.7. The minimum absolute atomic E-state index is 0.00202. The van der Waals surface area contributed by atoms with E-state index < -0.39 is 10.8 Å². The summed E-state index contributed by atoms with van der Waals surface area (Å²) in [5.74, 6) is -0.657. The number of nitro benzene ring substituents is 1. The van der Waals surface area contributed by atoms with Crippen LogP contribution < -0.4 is 15.0 Å². The number of fused-ring (bicyclic) bond motifs is 1. The van der Waals surface area contributed by atoms with Crippen molar-refractivity contribution >= 4 is 29.1 Å². The molecule has 3 amide bonds. The lowest BCUT2D eigenvalue weighted by atomic mass is 9.93. The van der Waals surface area contributed by atoms with Gasteiger partial charge in [-0.25, -0.2) is 0 Å². The molecule has 1 atom stereocenters. The summed E-state index contributed by atoms with van der Waals surface area (Å²) in [6.45, 7) is 0.363. The van der Waals surface area contributed by atoms with Gasteiger partial charge in [-0.05, 0) is 31.7 Å². The molecule has 1 aromatic rings. The van der Waals surface area contributed by atoms with E-state index in [9.17, 15) is 24.5 Å². The number of hydrogen-bond acceptors (Lipinski definition) is 6. The second-order valence-electron chi connectivity index (χ2n) is 8.70. The zero-order valence-electron chi connectivity index (χ0n) is 18.0. The van der Waals surface area contributed by atoms with Gasteiger partial charge in [0.05, 0.1) is 16.5 Å². The van der Waals surface area contributed by atoms with Crippen LogP contribution in [0.2, 0.25) is 0 Å². The molecule has 4 rings (SSSR count). The van der Waals surface area contributed by atoms with Crippen LogP contribution in [0.25, 0.3) is 0 Å². The number of nitrogens with zero attached hydrogens (tertiary/aromatic N) is 3. The van der Waals surface area contributed by atoms with Gasteiger partial charge in [0.1, 0.15) is 12.3 Å². The molecule has 1 aromatic carbocycles. The van der Waals surface area contributed by atoms with E-state index in [1.54, 1.807) is 4.90 Å². The van der Waals surface area contributed by atoms with E-state index in [-0.39, 0.29) is 48.3 Å². The van der Waals surface area contributed by atoms with Crippen molar-refractivity contribution in [2.24, 2.45) is 5.92 Å². The smallest absolute Gasteiger partial charge is 0.271 e. The lowest BCUT2D eigenvalue weighted by Gasteiger charge is -2.35. The molecule has 2 heterocycles. The predicted octanol–water partition coefficient (Wildman–Crippen LogP) is 2.01. The van der Waals surface area contributed by atoms with E-state index in [1.807, 2.05) is 0 Å². The molecule has 1 aliphatic carbocycles. The topological polar surface area (TPSA) is 122 Å². The van der Waals surface area contributed by atoms with Crippen LogP contribution in [-0.4, -0.2) is 59.8 Å². The number of nitrogens with one attached hydrogen (secondary N) is 1. The Hall–Kier alpha value is -3.17. The first kappa shape index (κ1) is 22.0. The van der Waals surface area contributed by atoms with E-state index in [4.69, 9.17) is 4.74 Å². The molecule has 172 valence electrons. The molecule has 3 aliphatic rings. The van der Waals surface area contributed by atoms with Gasteiger partial charge in [-0.3, -0.25) is 29.4 Å². The molecule has 1 saturated carbocycles. The Morgan fingerprint density at radius 3 is 2.69 bits per heavy atom. The van der Waals surface area contributed by atoms with Crippen LogP contribution >= 0.6 is 0 Å². The molecular weight excluding hydrogens is 416 g/mol. The highest BCUT2D eigenvalue weighted by atomic mass is 16.6. The van der Waals surface area contributed by atoms with Crippen LogP contribution in [0.1, 0.15) is 44.9 Å². The quantitative estimate of drug-likeness (QED) is 0.548. The van der Waals surface area contributed by atoms with Crippen molar-refractivity contribution in [3.63, 3.8) is 0 Å². The van der Waals surface area contributed by atoms with Crippen molar-refractivity contribution in [3.05, 3.63) is 28.3 Å². The van der Waals surface area contributed by atoms with Gasteiger partial charge < -0.3 is 15.0 Å². The standard InChI is InChI=1S/C22H28N4O6/c27-20(13-25-18-11-17(26(30)31)8-9-19(18)32-14-21(25)28)24-10-4-5-15(12-24)22(29)23-16-6-2-1-3-7-16/h8-9,11,15-16H,1-7,10,12-14H2,(H,23,29). The molecule has 2 fully saturated rings. The number of rotatable bonds is 5. The number of nitro groups is 1.